The molecule has 1 aromatic carbocycles. The SMILES string of the molecule is COc1cc(CCC/C=C/SC)cc(OC)c1OC. The first-order valence-electron chi connectivity index (χ1n) is 6.23. The molecular formula is C15H22O3S. The maximum absolute atomic E-state index is 5.34. The van der Waals surface area contributed by atoms with Crippen molar-refractivity contribution in [2.24, 2.45) is 0 Å². The number of hydrogen-bond donors (Lipinski definition) is 0. The molecule has 0 saturated heterocycles. The van der Waals surface area contributed by atoms with E-state index in [1.165, 1.54) is 5.56 Å². The Hall–Kier alpha value is -1.29. The van der Waals surface area contributed by atoms with Crippen LogP contribution in [0.5, 0.6) is 17.2 Å². The molecule has 0 bridgehead atoms. The van der Waals surface area contributed by atoms with Gasteiger partial charge in [-0.3, -0.25) is 0 Å². The maximum atomic E-state index is 5.34. The number of rotatable bonds is 8. The van der Waals surface area contributed by atoms with Crippen molar-refractivity contribution in [3.8, 4) is 17.2 Å². The minimum absolute atomic E-state index is 0.649. The van der Waals surface area contributed by atoms with Gasteiger partial charge in [-0.2, -0.15) is 0 Å². The van der Waals surface area contributed by atoms with E-state index in [0.29, 0.717) is 5.75 Å². The second-order valence-electron chi connectivity index (χ2n) is 4.03. The Kier molecular flexibility index (Phi) is 7.26. The molecule has 0 aliphatic rings. The molecule has 0 spiro atoms. The summed E-state index contributed by atoms with van der Waals surface area (Å²) >= 11 is 1.73. The molecule has 0 unspecified atom stereocenters. The van der Waals surface area contributed by atoms with Crippen LogP contribution in [0.3, 0.4) is 0 Å². The summed E-state index contributed by atoms with van der Waals surface area (Å²) in [5, 5.41) is 2.12. The van der Waals surface area contributed by atoms with Gasteiger partial charge >= 0.3 is 0 Å². The van der Waals surface area contributed by atoms with E-state index in [9.17, 15) is 0 Å². The van der Waals surface area contributed by atoms with Crippen LogP contribution in [0.2, 0.25) is 0 Å². The largest absolute Gasteiger partial charge is 0.493 e. The molecule has 19 heavy (non-hydrogen) atoms. The Balaban J connectivity index is 2.76. The zero-order valence-corrected chi connectivity index (χ0v) is 12.9. The van der Waals surface area contributed by atoms with Gasteiger partial charge < -0.3 is 14.2 Å². The predicted octanol–water partition coefficient (Wildman–Crippen LogP) is 3.91. The van der Waals surface area contributed by atoms with Gasteiger partial charge in [0.15, 0.2) is 11.5 Å². The Morgan fingerprint density at radius 2 is 1.68 bits per heavy atom. The summed E-state index contributed by atoms with van der Waals surface area (Å²) in [5.74, 6) is 2.09. The number of ether oxygens (including phenoxy) is 3. The average Bonchev–Trinajstić information content (AvgIpc) is 2.45. The van der Waals surface area contributed by atoms with Gasteiger partial charge in [0.1, 0.15) is 0 Å². The third kappa shape index (κ3) is 4.71. The predicted molar refractivity (Wildman–Crippen MR) is 81.7 cm³/mol. The summed E-state index contributed by atoms with van der Waals surface area (Å²) in [7, 11) is 4.90. The van der Waals surface area contributed by atoms with Crippen molar-refractivity contribution in [3.05, 3.63) is 29.2 Å². The third-order valence-electron chi connectivity index (χ3n) is 2.79. The average molecular weight is 282 g/mol. The van der Waals surface area contributed by atoms with Crippen LogP contribution in [0.15, 0.2) is 23.6 Å². The number of unbranched alkanes of at least 4 members (excludes halogenated alkanes) is 1. The van der Waals surface area contributed by atoms with Gasteiger partial charge in [0, 0.05) is 0 Å². The summed E-state index contributed by atoms with van der Waals surface area (Å²) in [4.78, 5) is 0. The normalized spacial score (nSPS) is 10.7. The van der Waals surface area contributed by atoms with E-state index in [-0.39, 0.29) is 0 Å². The number of thioether (sulfide) groups is 1. The number of hydrogen-bond acceptors (Lipinski definition) is 4. The Morgan fingerprint density at radius 3 is 2.16 bits per heavy atom. The van der Waals surface area contributed by atoms with E-state index in [0.717, 1.165) is 30.8 Å². The van der Waals surface area contributed by atoms with Gasteiger partial charge in [0.2, 0.25) is 5.75 Å². The molecule has 0 aromatic heterocycles. The van der Waals surface area contributed by atoms with Gasteiger partial charge in [-0.25, -0.2) is 0 Å². The third-order valence-corrected chi connectivity index (χ3v) is 3.26. The van der Waals surface area contributed by atoms with Gasteiger partial charge in [0.05, 0.1) is 21.3 Å². The maximum Gasteiger partial charge on any atom is 0.203 e. The standard InChI is InChI=1S/C15H22O3S/c1-16-13-10-12(8-6-5-7-9-19-4)11-14(17-2)15(13)18-3/h7,9-11H,5-6,8H2,1-4H3/b9-7+. The monoisotopic (exact) mass is 282 g/mol. The van der Waals surface area contributed by atoms with Crippen LogP contribution < -0.4 is 14.2 Å². The Bertz CT molecular complexity index is 391. The lowest BCUT2D eigenvalue weighted by Crippen LogP contribution is -1.97. The number of aryl methyl sites for hydroxylation is 1. The minimum Gasteiger partial charge on any atom is -0.493 e. The highest BCUT2D eigenvalue weighted by Gasteiger charge is 2.12. The van der Waals surface area contributed by atoms with E-state index < -0.39 is 0 Å². The molecular weight excluding hydrogens is 260 g/mol. The summed E-state index contributed by atoms with van der Waals surface area (Å²) in [6, 6.07) is 4.03. The Labute approximate surface area is 119 Å². The molecule has 4 heteroatoms. The van der Waals surface area contributed by atoms with Crippen molar-refractivity contribution in [2.45, 2.75) is 19.3 Å². The number of allylic oxidation sites excluding steroid dienone is 1. The van der Waals surface area contributed by atoms with Crippen LogP contribution in [0.1, 0.15) is 18.4 Å². The number of methoxy groups -OCH3 is 3. The summed E-state index contributed by atoms with van der Waals surface area (Å²) in [6.07, 6.45) is 7.45. The zero-order valence-electron chi connectivity index (χ0n) is 12.1. The highest BCUT2D eigenvalue weighted by atomic mass is 32.2. The summed E-state index contributed by atoms with van der Waals surface area (Å²) in [5.41, 5.74) is 1.20. The van der Waals surface area contributed by atoms with Crippen LogP contribution in [0.25, 0.3) is 0 Å². The highest BCUT2D eigenvalue weighted by molar-refractivity contribution is 8.01. The first-order valence-corrected chi connectivity index (χ1v) is 7.52. The van der Waals surface area contributed by atoms with E-state index >= 15 is 0 Å². The van der Waals surface area contributed by atoms with Crippen molar-refractivity contribution >= 4 is 11.8 Å². The van der Waals surface area contributed by atoms with Gasteiger partial charge in [-0.1, -0.05) is 6.08 Å². The van der Waals surface area contributed by atoms with Crippen LogP contribution >= 0.6 is 11.8 Å². The topological polar surface area (TPSA) is 27.7 Å². The fraction of sp³-hybridized carbons (Fsp3) is 0.467. The summed E-state index contributed by atoms with van der Waals surface area (Å²) in [6.45, 7) is 0. The molecule has 1 rings (SSSR count). The van der Waals surface area contributed by atoms with Crippen LogP contribution in [-0.2, 0) is 6.42 Å². The molecule has 0 N–H and O–H groups in total. The number of benzene rings is 1. The smallest absolute Gasteiger partial charge is 0.203 e. The lowest BCUT2D eigenvalue weighted by Gasteiger charge is -2.13. The molecule has 0 aliphatic heterocycles. The summed E-state index contributed by atoms with van der Waals surface area (Å²) < 4.78 is 16.0. The molecule has 0 amide bonds. The molecule has 0 saturated carbocycles. The molecule has 1 aromatic rings. The van der Waals surface area contributed by atoms with Crippen molar-refractivity contribution < 1.29 is 14.2 Å². The molecule has 0 radical (unpaired) electrons. The van der Waals surface area contributed by atoms with Crippen LogP contribution in [0.4, 0.5) is 0 Å². The molecule has 3 nitrogen and oxygen atoms in total. The van der Waals surface area contributed by atoms with E-state index in [2.05, 4.69) is 17.7 Å². The van der Waals surface area contributed by atoms with Crippen molar-refractivity contribution in [2.75, 3.05) is 27.6 Å². The highest BCUT2D eigenvalue weighted by Crippen LogP contribution is 2.38. The van der Waals surface area contributed by atoms with Gasteiger partial charge in [-0.15, -0.1) is 11.8 Å². The van der Waals surface area contributed by atoms with E-state index in [1.54, 1.807) is 33.1 Å². The second-order valence-corrected chi connectivity index (χ2v) is 4.78. The van der Waals surface area contributed by atoms with Crippen LogP contribution in [-0.4, -0.2) is 27.6 Å². The van der Waals surface area contributed by atoms with E-state index in [1.807, 2.05) is 12.1 Å². The lowest BCUT2D eigenvalue weighted by atomic mass is 10.1. The minimum atomic E-state index is 0.649. The lowest BCUT2D eigenvalue weighted by molar-refractivity contribution is 0.323. The van der Waals surface area contributed by atoms with Crippen LogP contribution in [0, 0.1) is 0 Å². The fourth-order valence-corrected chi connectivity index (χ4v) is 2.20. The van der Waals surface area contributed by atoms with Gasteiger partial charge in [0.25, 0.3) is 0 Å². The van der Waals surface area contributed by atoms with Crippen molar-refractivity contribution in [1.29, 1.82) is 0 Å². The van der Waals surface area contributed by atoms with E-state index in [4.69, 9.17) is 14.2 Å². The molecule has 0 atom stereocenters. The second kappa shape index (κ2) is 8.75. The first-order chi connectivity index (χ1) is 9.26. The van der Waals surface area contributed by atoms with Gasteiger partial charge in [-0.05, 0) is 48.6 Å². The molecule has 0 fully saturated rings. The molecule has 106 valence electrons. The quantitative estimate of drug-likeness (QED) is 0.676. The molecule has 0 heterocycles. The first kappa shape index (κ1) is 15.8. The Morgan fingerprint density at radius 1 is 1.05 bits per heavy atom. The fourth-order valence-electron chi connectivity index (χ4n) is 1.87. The zero-order chi connectivity index (χ0) is 14.1. The van der Waals surface area contributed by atoms with Crippen molar-refractivity contribution in [1.82, 2.24) is 0 Å². The van der Waals surface area contributed by atoms with Crippen molar-refractivity contribution in [3.63, 3.8) is 0 Å². The molecule has 0 aliphatic carbocycles.